The maximum Gasteiger partial charge on any atom is 0.128 e. The van der Waals surface area contributed by atoms with Crippen LogP contribution in [0, 0.1) is 5.82 Å². The SMILES string of the molecule is CC(N)c1ccc(Br)cc1N(C)Cc1ccccc1F. The lowest BCUT2D eigenvalue weighted by Crippen LogP contribution is -2.20. The van der Waals surface area contributed by atoms with Crippen LogP contribution in [0.4, 0.5) is 10.1 Å². The Morgan fingerprint density at radius 2 is 1.95 bits per heavy atom. The molecule has 0 aliphatic rings. The zero-order valence-corrected chi connectivity index (χ0v) is 13.2. The van der Waals surface area contributed by atoms with Gasteiger partial charge in [0, 0.05) is 35.4 Å². The second-order valence-corrected chi connectivity index (χ2v) is 5.85. The molecule has 0 saturated carbocycles. The van der Waals surface area contributed by atoms with Crippen molar-refractivity contribution in [1.82, 2.24) is 0 Å². The van der Waals surface area contributed by atoms with Crippen molar-refractivity contribution in [2.24, 2.45) is 5.73 Å². The molecule has 1 atom stereocenters. The summed E-state index contributed by atoms with van der Waals surface area (Å²) < 4.78 is 14.7. The Morgan fingerprint density at radius 1 is 1.25 bits per heavy atom. The standard InChI is InChI=1S/C16H18BrFN2/c1-11(19)14-8-7-13(17)9-16(14)20(2)10-12-5-3-4-6-15(12)18/h3-9,11H,10,19H2,1-2H3. The molecule has 106 valence electrons. The third-order valence-electron chi connectivity index (χ3n) is 3.26. The molecule has 0 amide bonds. The van der Waals surface area contributed by atoms with Gasteiger partial charge in [-0.1, -0.05) is 40.2 Å². The summed E-state index contributed by atoms with van der Waals surface area (Å²) in [4.78, 5) is 2.02. The molecule has 4 heteroatoms. The molecular formula is C16H18BrFN2. The molecule has 0 aromatic heterocycles. The lowest BCUT2D eigenvalue weighted by atomic mass is 10.1. The Labute approximate surface area is 127 Å². The van der Waals surface area contributed by atoms with Gasteiger partial charge >= 0.3 is 0 Å². The van der Waals surface area contributed by atoms with Crippen LogP contribution in [0.3, 0.4) is 0 Å². The number of hydrogen-bond donors (Lipinski definition) is 1. The van der Waals surface area contributed by atoms with Crippen LogP contribution < -0.4 is 10.6 Å². The molecule has 20 heavy (non-hydrogen) atoms. The second kappa shape index (κ2) is 6.37. The topological polar surface area (TPSA) is 29.3 Å². The third kappa shape index (κ3) is 3.38. The minimum absolute atomic E-state index is 0.0684. The Balaban J connectivity index is 2.31. The molecule has 2 aromatic carbocycles. The Bertz CT molecular complexity index is 599. The van der Waals surface area contributed by atoms with E-state index in [-0.39, 0.29) is 11.9 Å². The van der Waals surface area contributed by atoms with Gasteiger partial charge in [0.15, 0.2) is 0 Å². The molecule has 2 nitrogen and oxygen atoms in total. The number of hydrogen-bond acceptors (Lipinski definition) is 2. The molecule has 0 spiro atoms. The molecule has 0 fully saturated rings. The minimum Gasteiger partial charge on any atom is -0.370 e. The first-order valence-electron chi connectivity index (χ1n) is 6.48. The van der Waals surface area contributed by atoms with E-state index in [4.69, 9.17) is 5.73 Å². The summed E-state index contributed by atoms with van der Waals surface area (Å²) in [6.07, 6.45) is 0. The van der Waals surface area contributed by atoms with E-state index >= 15 is 0 Å². The second-order valence-electron chi connectivity index (χ2n) is 4.94. The van der Waals surface area contributed by atoms with Crippen molar-refractivity contribution < 1.29 is 4.39 Å². The van der Waals surface area contributed by atoms with Gasteiger partial charge in [0.05, 0.1) is 0 Å². The average Bonchev–Trinajstić information content (AvgIpc) is 2.40. The van der Waals surface area contributed by atoms with Crippen LogP contribution in [0.25, 0.3) is 0 Å². The van der Waals surface area contributed by atoms with Crippen LogP contribution in [-0.4, -0.2) is 7.05 Å². The van der Waals surface area contributed by atoms with E-state index in [1.807, 2.05) is 43.1 Å². The maximum absolute atomic E-state index is 13.7. The molecule has 2 N–H and O–H groups in total. The quantitative estimate of drug-likeness (QED) is 0.904. The molecule has 0 heterocycles. The van der Waals surface area contributed by atoms with Crippen molar-refractivity contribution in [3.05, 3.63) is 63.9 Å². The van der Waals surface area contributed by atoms with E-state index in [2.05, 4.69) is 15.9 Å². The summed E-state index contributed by atoms with van der Waals surface area (Å²) in [6, 6.07) is 12.7. The lowest BCUT2D eigenvalue weighted by Gasteiger charge is -2.24. The first kappa shape index (κ1) is 15.0. The van der Waals surface area contributed by atoms with Crippen molar-refractivity contribution in [3.63, 3.8) is 0 Å². The summed E-state index contributed by atoms with van der Waals surface area (Å²) in [5.74, 6) is -0.184. The molecule has 0 aliphatic heterocycles. The predicted molar refractivity (Wildman–Crippen MR) is 85.3 cm³/mol. The van der Waals surface area contributed by atoms with Crippen molar-refractivity contribution >= 4 is 21.6 Å². The highest BCUT2D eigenvalue weighted by Gasteiger charge is 2.13. The van der Waals surface area contributed by atoms with Gasteiger partial charge in [-0.15, -0.1) is 0 Å². The fourth-order valence-corrected chi connectivity index (χ4v) is 2.55. The Hall–Kier alpha value is -1.39. The first-order chi connectivity index (χ1) is 9.49. The highest BCUT2D eigenvalue weighted by Crippen LogP contribution is 2.29. The zero-order valence-electron chi connectivity index (χ0n) is 11.6. The number of rotatable bonds is 4. The Morgan fingerprint density at radius 3 is 2.60 bits per heavy atom. The van der Waals surface area contributed by atoms with Crippen LogP contribution in [-0.2, 0) is 6.54 Å². The summed E-state index contributed by atoms with van der Waals surface area (Å²) in [6.45, 7) is 2.45. The monoisotopic (exact) mass is 336 g/mol. The van der Waals surface area contributed by atoms with E-state index in [9.17, 15) is 4.39 Å². The van der Waals surface area contributed by atoms with Gasteiger partial charge in [-0.05, 0) is 30.7 Å². The zero-order chi connectivity index (χ0) is 14.7. The van der Waals surface area contributed by atoms with Gasteiger partial charge in [0.1, 0.15) is 5.82 Å². The largest absolute Gasteiger partial charge is 0.370 e. The van der Waals surface area contributed by atoms with Crippen LogP contribution in [0.2, 0.25) is 0 Å². The molecule has 0 radical (unpaired) electrons. The third-order valence-corrected chi connectivity index (χ3v) is 3.75. The smallest absolute Gasteiger partial charge is 0.128 e. The van der Waals surface area contributed by atoms with Crippen molar-refractivity contribution in [3.8, 4) is 0 Å². The molecule has 2 rings (SSSR count). The molecule has 0 aliphatic carbocycles. The molecule has 0 saturated heterocycles. The summed E-state index contributed by atoms with van der Waals surface area (Å²) in [5.41, 5.74) is 8.74. The van der Waals surface area contributed by atoms with Gasteiger partial charge in [-0.25, -0.2) is 4.39 Å². The highest BCUT2D eigenvalue weighted by molar-refractivity contribution is 9.10. The maximum atomic E-state index is 13.7. The number of nitrogens with two attached hydrogens (primary N) is 1. The minimum atomic E-state index is -0.184. The predicted octanol–water partition coefficient (Wildman–Crippen LogP) is 4.24. The van der Waals surface area contributed by atoms with E-state index < -0.39 is 0 Å². The van der Waals surface area contributed by atoms with Gasteiger partial charge in [0.2, 0.25) is 0 Å². The van der Waals surface area contributed by atoms with Crippen molar-refractivity contribution in [2.75, 3.05) is 11.9 Å². The number of halogens is 2. The van der Waals surface area contributed by atoms with Gasteiger partial charge in [-0.3, -0.25) is 0 Å². The van der Waals surface area contributed by atoms with Crippen LogP contribution >= 0.6 is 15.9 Å². The number of nitrogens with zero attached hydrogens (tertiary/aromatic N) is 1. The fraction of sp³-hybridized carbons (Fsp3) is 0.250. The van der Waals surface area contributed by atoms with Gasteiger partial charge < -0.3 is 10.6 Å². The van der Waals surface area contributed by atoms with E-state index in [0.717, 1.165) is 15.7 Å². The highest BCUT2D eigenvalue weighted by atomic mass is 79.9. The van der Waals surface area contributed by atoms with Gasteiger partial charge in [-0.2, -0.15) is 0 Å². The number of anilines is 1. The summed E-state index contributed by atoms with van der Waals surface area (Å²) >= 11 is 3.47. The molecule has 0 bridgehead atoms. The van der Waals surface area contributed by atoms with Gasteiger partial charge in [0.25, 0.3) is 0 Å². The van der Waals surface area contributed by atoms with E-state index in [1.54, 1.807) is 12.1 Å². The van der Waals surface area contributed by atoms with Crippen molar-refractivity contribution in [1.29, 1.82) is 0 Å². The molecule has 1 unspecified atom stereocenters. The van der Waals surface area contributed by atoms with E-state index in [0.29, 0.717) is 12.1 Å². The van der Waals surface area contributed by atoms with E-state index in [1.165, 1.54) is 6.07 Å². The van der Waals surface area contributed by atoms with Crippen molar-refractivity contribution in [2.45, 2.75) is 19.5 Å². The molecular weight excluding hydrogens is 319 g/mol. The van der Waals surface area contributed by atoms with Crippen LogP contribution in [0.15, 0.2) is 46.9 Å². The number of benzene rings is 2. The lowest BCUT2D eigenvalue weighted by molar-refractivity contribution is 0.607. The first-order valence-corrected chi connectivity index (χ1v) is 7.28. The Kier molecular flexibility index (Phi) is 4.78. The van der Waals surface area contributed by atoms with Crippen LogP contribution in [0.1, 0.15) is 24.1 Å². The van der Waals surface area contributed by atoms with Crippen LogP contribution in [0.5, 0.6) is 0 Å². The molecule has 2 aromatic rings. The normalized spacial score (nSPS) is 12.2. The fourth-order valence-electron chi connectivity index (χ4n) is 2.20. The average molecular weight is 337 g/mol. The summed E-state index contributed by atoms with van der Waals surface area (Å²) in [5, 5.41) is 0. The summed E-state index contributed by atoms with van der Waals surface area (Å²) in [7, 11) is 1.94.